The van der Waals surface area contributed by atoms with Crippen LogP contribution in [0.1, 0.15) is 18.4 Å². The summed E-state index contributed by atoms with van der Waals surface area (Å²) < 4.78 is 19.3. The first-order valence-corrected chi connectivity index (χ1v) is 9.89. The van der Waals surface area contributed by atoms with Gasteiger partial charge in [0.1, 0.15) is 17.5 Å². The first kappa shape index (κ1) is 18.3. The Labute approximate surface area is 167 Å². The Kier molecular flexibility index (Phi) is 4.03. The first-order valence-electron chi connectivity index (χ1n) is 9.89. The SMILES string of the molecule is CNC(=O)[C@H]1[C@H]2C(=O)N(C3CC3)[C@H](C(=O)NCc3ccc(F)cc3)[C@]23C=C[C@H]1O3. The van der Waals surface area contributed by atoms with Crippen molar-refractivity contribution in [3.05, 3.63) is 47.8 Å². The smallest absolute Gasteiger partial charge is 0.246 e. The number of carbonyl (C=O) groups is 3. The van der Waals surface area contributed by atoms with Crippen LogP contribution in [0.3, 0.4) is 0 Å². The van der Waals surface area contributed by atoms with Crippen molar-refractivity contribution in [2.45, 2.75) is 43.2 Å². The van der Waals surface area contributed by atoms with E-state index in [-0.39, 0.29) is 36.1 Å². The van der Waals surface area contributed by atoms with Crippen LogP contribution in [0.15, 0.2) is 36.4 Å². The summed E-state index contributed by atoms with van der Waals surface area (Å²) in [6.07, 6.45) is 4.77. The van der Waals surface area contributed by atoms with E-state index in [2.05, 4.69) is 10.6 Å². The van der Waals surface area contributed by atoms with E-state index in [1.807, 2.05) is 0 Å². The predicted octanol–water partition coefficient (Wildman–Crippen LogP) is 0.501. The standard InChI is InChI=1S/C21H22FN3O4/c1-23-18(26)15-14-8-9-21(29-14)16(15)20(28)25(13-6-7-13)17(21)19(27)24-10-11-2-4-12(22)5-3-11/h2-5,8-9,13-17H,6-7,10H2,1H3,(H,23,26)(H,24,27)/t14-,15-,16+,17-,21+/m1/s1. The topological polar surface area (TPSA) is 87.7 Å². The summed E-state index contributed by atoms with van der Waals surface area (Å²) in [6, 6.07) is 5.08. The van der Waals surface area contributed by atoms with E-state index in [0.29, 0.717) is 0 Å². The molecule has 1 saturated carbocycles. The number of fused-ring (bicyclic) bond motifs is 1. The number of hydrogen-bond donors (Lipinski definition) is 2. The summed E-state index contributed by atoms with van der Waals surface area (Å²) in [5.74, 6) is -2.42. The fraction of sp³-hybridized carbons (Fsp3) is 0.476. The molecule has 2 saturated heterocycles. The molecule has 3 amide bonds. The van der Waals surface area contributed by atoms with Crippen LogP contribution >= 0.6 is 0 Å². The predicted molar refractivity (Wildman–Crippen MR) is 99.7 cm³/mol. The van der Waals surface area contributed by atoms with Crippen LogP contribution in [0.5, 0.6) is 0 Å². The summed E-state index contributed by atoms with van der Waals surface area (Å²) in [7, 11) is 1.54. The third-order valence-corrected chi connectivity index (χ3v) is 6.43. The molecule has 5 rings (SSSR count). The maximum atomic E-state index is 13.3. The van der Waals surface area contributed by atoms with E-state index in [1.54, 1.807) is 29.2 Å². The van der Waals surface area contributed by atoms with Gasteiger partial charge in [-0.25, -0.2) is 4.39 Å². The molecule has 29 heavy (non-hydrogen) atoms. The molecule has 8 heteroatoms. The summed E-state index contributed by atoms with van der Waals surface area (Å²) in [4.78, 5) is 40.7. The molecule has 3 heterocycles. The fourth-order valence-electron chi connectivity index (χ4n) is 5.01. The van der Waals surface area contributed by atoms with Crippen molar-refractivity contribution in [3.8, 4) is 0 Å². The first-order chi connectivity index (χ1) is 14.0. The van der Waals surface area contributed by atoms with Crippen molar-refractivity contribution >= 4 is 17.7 Å². The molecule has 2 bridgehead atoms. The Morgan fingerprint density at radius 3 is 2.62 bits per heavy atom. The summed E-state index contributed by atoms with van der Waals surface area (Å²) in [6.45, 7) is 0.217. The van der Waals surface area contributed by atoms with Crippen molar-refractivity contribution in [1.82, 2.24) is 15.5 Å². The molecule has 2 N–H and O–H groups in total. The van der Waals surface area contributed by atoms with E-state index in [0.717, 1.165) is 18.4 Å². The molecule has 1 spiro atoms. The highest BCUT2D eigenvalue weighted by Gasteiger charge is 2.73. The third-order valence-electron chi connectivity index (χ3n) is 6.43. The Balaban J connectivity index is 1.44. The summed E-state index contributed by atoms with van der Waals surface area (Å²) >= 11 is 0. The van der Waals surface area contributed by atoms with E-state index < -0.39 is 29.6 Å². The van der Waals surface area contributed by atoms with Gasteiger partial charge in [-0.1, -0.05) is 24.3 Å². The molecule has 0 unspecified atom stereocenters. The lowest BCUT2D eigenvalue weighted by Crippen LogP contribution is -2.55. The lowest BCUT2D eigenvalue weighted by molar-refractivity contribution is -0.142. The van der Waals surface area contributed by atoms with Gasteiger partial charge in [0.15, 0.2) is 0 Å². The molecular weight excluding hydrogens is 377 g/mol. The lowest BCUT2D eigenvalue weighted by atomic mass is 9.74. The Morgan fingerprint density at radius 1 is 1.24 bits per heavy atom. The molecule has 152 valence electrons. The average Bonchev–Trinajstić information content (AvgIpc) is 3.32. The van der Waals surface area contributed by atoms with Crippen molar-refractivity contribution in [2.75, 3.05) is 7.05 Å². The highest BCUT2D eigenvalue weighted by molar-refractivity contribution is 6.00. The maximum Gasteiger partial charge on any atom is 0.246 e. The minimum absolute atomic E-state index is 0.00503. The van der Waals surface area contributed by atoms with Gasteiger partial charge in [0.05, 0.1) is 17.9 Å². The minimum atomic E-state index is -1.12. The minimum Gasteiger partial charge on any atom is -0.359 e. The molecule has 0 radical (unpaired) electrons. The Morgan fingerprint density at radius 2 is 1.97 bits per heavy atom. The van der Waals surface area contributed by atoms with Crippen LogP contribution in [-0.2, 0) is 25.7 Å². The number of hydrogen-bond acceptors (Lipinski definition) is 4. The Bertz CT molecular complexity index is 913. The number of rotatable bonds is 5. The average molecular weight is 399 g/mol. The van der Waals surface area contributed by atoms with Crippen LogP contribution in [0.2, 0.25) is 0 Å². The zero-order valence-corrected chi connectivity index (χ0v) is 15.9. The maximum absolute atomic E-state index is 13.3. The second-order valence-corrected chi connectivity index (χ2v) is 8.14. The van der Waals surface area contributed by atoms with E-state index >= 15 is 0 Å². The highest BCUT2D eigenvalue weighted by Crippen LogP contribution is 2.56. The van der Waals surface area contributed by atoms with Gasteiger partial charge in [-0.15, -0.1) is 0 Å². The number of carbonyl (C=O) groups excluding carboxylic acids is 3. The Hall–Kier alpha value is -2.74. The van der Waals surface area contributed by atoms with E-state index in [9.17, 15) is 18.8 Å². The zero-order chi connectivity index (χ0) is 20.3. The number of nitrogens with one attached hydrogen (secondary N) is 2. The number of likely N-dealkylation sites (tertiary alicyclic amines) is 1. The summed E-state index contributed by atoms with van der Waals surface area (Å²) in [5.41, 5.74) is -0.361. The van der Waals surface area contributed by atoms with Crippen molar-refractivity contribution in [3.63, 3.8) is 0 Å². The van der Waals surface area contributed by atoms with Crippen LogP contribution < -0.4 is 10.6 Å². The molecule has 4 aliphatic rings. The second kappa shape index (κ2) is 6.38. The molecule has 0 aromatic heterocycles. The molecule has 3 fully saturated rings. The van der Waals surface area contributed by atoms with Crippen molar-refractivity contribution in [1.29, 1.82) is 0 Å². The highest BCUT2D eigenvalue weighted by atomic mass is 19.1. The molecule has 1 aromatic rings. The normalized spacial score (nSPS) is 34.4. The third kappa shape index (κ3) is 2.62. The second-order valence-electron chi connectivity index (χ2n) is 8.14. The van der Waals surface area contributed by atoms with Crippen molar-refractivity contribution < 1.29 is 23.5 Å². The lowest BCUT2D eigenvalue weighted by Gasteiger charge is -2.32. The number of amides is 3. The van der Waals surface area contributed by atoms with Crippen molar-refractivity contribution in [2.24, 2.45) is 11.8 Å². The number of benzene rings is 1. The van der Waals surface area contributed by atoms with Gasteiger partial charge in [0.25, 0.3) is 0 Å². The van der Waals surface area contributed by atoms with E-state index in [1.165, 1.54) is 19.2 Å². The van der Waals surface area contributed by atoms with Gasteiger partial charge in [0, 0.05) is 19.6 Å². The molecule has 1 aromatic carbocycles. The van der Waals surface area contributed by atoms with E-state index in [4.69, 9.17) is 4.74 Å². The largest absolute Gasteiger partial charge is 0.359 e. The van der Waals surface area contributed by atoms with Gasteiger partial charge >= 0.3 is 0 Å². The van der Waals surface area contributed by atoms with Gasteiger partial charge in [0.2, 0.25) is 17.7 Å². The molecule has 7 nitrogen and oxygen atoms in total. The van der Waals surface area contributed by atoms with Gasteiger partial charge in [-0.05, 0) is 30.5 Å². The number of nitrogens with zero attached hydrogens (tertiary/aromatic N) is 1. The molecule has 3 aliphatic heterocycles. The fourth-order valence-corrected chi connectivity index (χ4v) is 5.01. The number of halogens is 1. The number of ether oxygens (including phenoxy) is 1. The van der Waals surface area contributed by atoms with Gasteiger partial charge in [-0.3, -0.25) is 14.4 Å². The zero-order valence-electron chi connectivity index (χ0n) is 15.9. The molecule has 5 atom stereocenters. The van der Waals surface area contributed by atoms with Gasteiger partial charge < -0.3 is 20.3 Å². The molecule has 1 aliphatic carbocycles. The molecular formula is C21H22FN3O4. The van der Waals surface area contributed by atoms with Crippen LogP contribution in [0, 0.1) is 17.7 Å². The van der Waals surface area contributed by atoms with Gasteiger partial charge in [-0.2, -0.15) is 0 Å². The quantitative estimate of drug-likeness (QED) is 0.706. The van der Waals surface area contributed by atoms with Crippen LogP contribution in [0.25, 0.3) is 0 Å². The van der Waals surface area contributed by atoms with Crippen LogP contribution in [-0.4, -0.2) is 53.5 Å². The summed E-state index contributed by atoms with van der Waals surface area (Å²) in [5, 5.41) is 5.49. The monoisotopic (exact) mass is 399 g/mol. The van der Waals surface area contributed by atoms with Crippen LogP contribution in [0.4, 0.5) is 4.39 Å².